The number of hydrogen-bond acceptors (Lipinski definition) is 2. The monoisotopic (exact) mass is 267 g/mol. The molecule has 4 nitrogen and oxygen atoms in total. The second kappa shape index (κ2) is 6.07. The fraction of sp³-hybridized carbons (Fsp3) is 0.462. The molecule has 1 aliphatic heterocycles. The molecule has 2 amide bonds. The molecule has 0 radical (unpaired) electrons. The standard InChI is InChI=1S/C13H18ClN3O/c1-10(11-4-2-3-5-12(11)14)15-6-8-17-9-7-16-13(17)18/h2-5,10,15H,6-9H2,1H3,(H,16,18). The number of carbonyl (C=O) groups is 1. The lowest BCUT2D eigenvalue weighted by atomic mass is 10.1. The minimum atomic E-state index is 0.0298. The second-order valence-corrected chi connectivity index (χ2v) is 4.82. The third-order valence-electron chi connectivity index (χ3n) is 3.15. The van der Waals surface area contributed by atoms with Crippen LogP contribution in [-0.4, -0.2) is 37.1 Å². The SMILES string of the molecule is CC(NCCN1CCNC1=O)c1ccccc1Cl. The zero-order valence-corrected chi connectivity index (χ0v) is 11.2. The molecule has 0 bridgehead atoms. The fourth-order valence-electron chi connectivity index (χ4n) is 2.08. The number of carbonyl (C=O) groups excluding carboxylic acids is 1. The van der Waals surface area contributed by atoms with E-state index in [1.165, 1.54) is 0 Å². The van der Waals surface area contributed by atoms with Gasteiger partial charge in [-0.1, -0.05) is 29.8 Å². The molecule has 98 valence electrons. The molecular weight excluding hydrogens is 250 g/mol. The van der Waals surface area contributed by atoms with Gasteiger partial charge in [-0.05, 0) is 18.6 Å². The maximum absolute atomic E-state index is 11.3. The lowest BCUT2D eigenvalue weighted by Gasteiger charge is -2.19. The molecule has 2 rings (SSSR count). The first kappa shape index (κ1) is 13.2. The van der Waals surface area contributed by atoms with Crippen molar-refractivity contribution in [3.05, 3.63) is 34.9 Å². The summed E-state index contributed by atoms with van der Waals surface area (Å²) in [7, 11) is 0. The van der Waals surface area contributed by atoms with E-state index in [0.717, 1.165) is 36.8 Å². The Kier molecular flexibility index (Phi) is 4.44. The first-order valence-corrected chi connectivity index (χ1v) is 6.57. The molecule has 0 saturated carbocycles. The highest BCUT2D eigenvalue weighted by molar-refractivity contribution is 6.31. The van der Waals surface area contributed by atoms with E-state index in [1.54, 1.807) is 0 Å². The van der Waals surface area contributed by atoms with Crippen LogP contribution < -0.4 is 10.6 Å². The number of urea groups is 1. The summed E-state index contributed by atoms with van der Waals surface area (Å²) >= 11 is 6.13. The van der Waals surface area contributed by atoms with E-state index in [9.17, 15) is 4.79 Å². The summed E-state index contributed by atoms with van der Waals surface area (Å²) < 4.78 is 0. The van der Waals surface area contributed by atoms with E-state index in [1.807, 2.05) is 29.2 Å². The van der Waals surface area contributed by atoms with Crippen LogP contribution in [0.5, 0.6) is 0 Å². The maximum Gasteiger partial charge on any atom is 0.317 e. The molecule has 2 N–H and O–H groups in total. The van der Waals surface area contributed by atoms with Crippen LogP contribution in [0.3, 0.4) is 0 Å². The van der Waals surface area contributed by atoms with Crippen LogP contribution in [0.1, 0.15) is 18.5 Å². The van der Waals surface area contributed by atoms with Gasteiger partial charge in [-0.25, -0.2) is 4.79 Å². The van der Waals surface area contributed by atoms with Gasteiger partial charge in [0.2, 0.25) is 0 Å². The van der Waals surface area contributed by atoms with Crippen LogP contribution in [0.4, 0.5) is 4.79 Å². The van der Waals surface area contributed by atoms with Crippen molar-refractivity contribution in [1.82, 2.24) is 15.5 Å². The Morgan fingerprint density at radius 3 is 2.94 bits per heavy atom. The van der Waals surface area contributed by atoms with E-state index in [4.69, 9.17) is 11.6 Å². The van der Waals surface area contributed by atoms with Crippen LogP contribution in [-0.2, 0) is 0 Å². The van der Waals surface area contributed by atoms with Crippen molar-refractivity contribution in [1.29, 1.82) is 0 Å². The average Bonchev–Trinajstić information content (AvgIpc) is 2.75. The van der Waals surface area contributed by atoms with Gasteiger partial charge in [0.15, 0.2) is 0 Å². The molecule has 1 atom stereocenters. The molecule has 1 unspecified atom stereocenters. The Bertz CT molecular complexity index is 424. The fourth-order valence-corrected chi connectivity index (χ4v) is 2.38. The van der Waals surface area contributed by atoms with Gasteiger partial charge in [0.25, 0.3) is 0 Å². The Labute approximate surface area is 112 Å². The maximum atomic E-state index is 11.3. The third-order valence-corrected chi connectivity index (χ3v) is 3.49. The van der Waals surface area contributed by atoms with Gasteiger partial charge in [-0.2, -0.15) is 0 Å². The highest BCUT2D eigenvalue weighted by Gasteiger charge is 2.18. The summed E-state index contributed by atoms with van der Waals surface area (Å²) in [6, 6.07) is 8.03. The third kappa shape index (κ3) is 3.15. The predicted octanol–water partition coefficient (Wildman–Crippen LogP) is 2.02. The van der Waals surface area contributed by atoms with Gasteiger partial charge in [0.05, 0.1) is 0 Å². The molecular formula is C13H18ClN3O. The van der Waals surface area contributed by atoms with Crippen molar-refractivity contribution in [3.8, 4) is 0 Å². The smallest absolute Gasteiger partial charge is 0.317 e. The lowest BCUT2D eigenvalue weighted by molar-refractivity contribution is 0.217. The lowest BCUT2D eigenvalue weighted by Crippen LogP contribution is -2.35. The molecule has 5 heteroatoms. The van der Waals surface area contributed by atoms with Crippen LogP contribution in [0.25, 0.3) is 0 Å². The molecule has 0 aliphatic carbocycles. The summed E-state index contributed by atoms with van der Waals surface area (Å²) in [5, 5.41) is 6.94. The quantitative estimate of drug-likeness (QED) is 0.857. The number of nitrogens with one attached hydrogen (secondary N) is 2. The predicted molar refractivity (Wildman–Crippen MR) is 72.8 cm³/mol. The molecule has 1 aliphatic rings. The van der Waals surface area contributed by atoms with Crippen LogP contribution >= 0.6 is 11.6 Å². The largest absolute Gasteiger partial charge is 0.336 e. The first-order chi connectivity index (χ1) is 8.68. The van der Waals surface area contributed by atoms with Crippen LogP contribution in [0, 0.1) is 0 Å². The molecule has 1 fully saturated rings. The van der Waals surface area contributed by atoms with Crippen molar-refractivity contribution < 1.29 is 4.79 Å². The van der Waals surface area contributed by atoms with Crippen molar-refractivity contribution in [3.63, 3.8) is 0 Å². The zero-order chi connectivity index (χ0) is 13.0. The highest BCUT2D eigenvalue weighted by Crippen LogP contribution is 2.21. The van der Waals surface area contributed by atoms with E-state index in [2.05, 4.69) is 17.6 Å². The average molecular weight is 268 g/mol. The van der Waals surface area contributed by atoms with Gasteiger partial charge < -0.3 is 15.5 Å². The summed E-state index contributed by atoms with van der Waals surface area (Å²) in [5.74, 6) is 0. The van der Waals surface area contributed by atoms with Crippen LogP contribution in [0.15, 0.2) is 24.3 Å². The van der Waals surface area contributed by atoms with Crippen molar-refractivity contribution in [2.45, 2.75) is 13.0 Å². The highest BCUT2D eigenvalue weighted by atomic mass is 35.5. The second-order valence-electron chi connectivity index (χ2n) is 4.42. The summed E-state index contributed by atoms with van der Waals surface area (Å²) in [4.78, 5) is 13.2. The number of halogens is 1. The normalized spacial score (nSPS) is 16.8. The van der Waals surface area contributed by atoms with E-state index < -0.39 is 0 Å². The Hall–Kier alpha value is -1.26. The molecule has 1 saturated heterocycles. The number of nitrogens with zero attached hydrogens (tertiary/aromatic N) is 1. The number of hydrogen-bond donors (Lipinski definition) is 2. The van der Waals surface area contributed by atoms with Crippen molar-refractivity contribution >= 4 is 17.6 Å². The number of benzene rings is 1. The van der Waals surface area contributed by atoms with E-state index >= 15 is 0 Å². The van der Waals surface area contributed by atoms with Gasteiger partial charge in [0, 0.05) is 37.2 Å². The molecule has 0 spiro atoms. The molecule has 1 heterocycles. The van der Waals surface area contributed by atoms with E-state index in [-0.39, 0.29) is 12.1 Å². The van der Waals surface area contributed by atoms with Gasteiger partial charge in [-0.3, -0.25) is 0 Å². The molecule has 18 heavy (non-hydrogen) atoms. The Balaban J connectivity index is 1.80. The topological polar surface area (TPSA) is 44.4 Å². The van der Waals surface area contributed by atoms with Crippen LogP contribution in [0.2, 0.25) is 5.02 Å². The summed E-state index contributed by atoms with van der Waals surface area (Å²) in [6.45, 7) is 5.10. The Morgan fingerprint density at radius 2 is 2.28 bits per heavy atom. The molecule has 1 aromatic carbocycles. The van der Waals surface area contributed by atoms with Gasteiger partial charge in [0.1, 0.15) is 0 Å². The minimum absolute atomic E-state index is 0.0298. The minimum Gasteiger partial charge on any atom is -0.336 e. The van der Waals surface area contributed by atoms with E-state index in [0.29, 0.717) is 0 Å². The van der Waals surface area contributed by atoms with Crippen molar-refractivity contribution in [2.75, 3.05) is 26.2 Å². The van der Waals surface area contributed by atoms with Gasteiger partial charge in [-0.15, -0.1) is 0 Å². The molecule has 0 aromatic heterocycles. The zero-order valence-electron chi connectivity index (χ0n) is 10.4. The Morgan fingerprint density at radius 1 is 1.50 bits per heavy atom. The molecule has 1 aromatic rings. The van der Waals surface area contributed by atoms with Crippen molar-refractivity contribution in [2.24, 2.45) is 0 Å². The summed E-state index contributed by atoms with van der Waals surface area (Å²) in [6.07, 6.45) is 0. The van der Waals surface area contributed by atoms with Gasteiger partial charge >= 0.3 is 6.03 Å². The first-order valence-electron chi connectivity index (χ1n) is 6.19. The number of rotatable bonds is 5. The number of amides is 2. The summed E-state index contributed by atoms with van der Waals surface area (Å²) in [5.41, 5.74) is 1.09.